The van der Waals surface area contributed by atoms with Gasteiger partial charge in [0.2, 0.25) is 10.0 Å². The van der Waals surface area contributed by atoms with Crippen molar-refractivity contribution in [3.8, 4) is 0 Å². The SMILES string of the molecule is O=C(Nc1ccc(S(=O)(=O)NC2CC2)cc1)c1cccnc1SC(F)F. The lowest BCUT2D eigenvalue weighted by Crippen LogP contribution is -2.25. The minimum absolute atomic E-state index is 0.00397. The molecule has 1 aromatic heterocycles. The number of carbonyl (C=O) groups is 1. The quantitative estimate of drug-likeness (QED) is 0.699. The van der Waals surface area contributed by atoms with E-state index in [1.165, 1.54) is 42.6 Å². The number of benzene rings is 1. The Hall–Kier alpha value is -2.04. The summed E-state index contributed by atoms with van der Waals surface area (Å²) >= 11 is 0.188. The molecule has 0 radical (unpaired) electrons. The first-order chi connectivity index (χ1) is 12.3. The molecule has 1 aromatic carbocycles. The third-order valence-electron chi connectivity index (χ3n) is 3.54. The van der Waals surface area contributed by atoms with Gasteiger partial charge in [-0.05, 0) is 61.0 Å². The number of nitrogens with one attached hydrogen (secondary N) is 2. The van der Waals surface area contributed by atoms with Crippen LogP contribution in [0.3, 0.4) is 0 Å². The van der Waals surface area contributed by atoms with Crippen LogP contribution in [0.5, 0.6) is 0 Å². The Kier molecular flexibility index (Phi) is 5.54. The number of sulfonamides is 1. The zero-order valence-electron chi connectivity index (χ0n) is 13.4. The van der Waals surface area contributed by atoms with Gasteiger partial charge in [-0.1, -0.05) is 0 Å². The van der Waals surface area contributed by atoms with E-state index in [4.69, 9.17) is 0 Å². The van der Waals surface area contributed by atoms with E-state index >= 15 is 0 Å². The lowest BCUT2D eigenvalue weighted by molar-refractivity contribution is 0.102. The minimum atomic E-state index is -3.57. The van der Waals surface area contributed by atoms with Crippen molar-refractivity contribution in [3.63, 3.8) is 0 Å². The van der Waals surface area contributed by atoms with Crippen LogP contribution < -0.4 is 10.0 Å². The van der Waals surface area contributed by atoms with Gasteiger partial charge in [-0.3, -0.25) is 4.79 Å². The van der Waals surface area contributed by atoms with Crippen molar-refractivity contribution in [1.29, 1.82) is 0 Å². The Bertz CT molecular complexity index is 901. The number of thioether (sulfide) groups is 1. The largest absolute Gasteiger partial charge is 0.322 e. The molecular formula is C16H15F2N3O3S2. The van der Waals surface area contributed by atoms with Crippen molar-refractivity contribution in [2.24, 2.45) is 0 Å². The summed E-state index contributed by atoms with van der Waals surface area (Å²) < 4.78 is 51.9. The molecule has 0 unspecified atom stereocenters. The van der Waals surface area contributed by atoms with Crippen molar-refractivity contribution in [2.75, 3.05) is 5.32 Å². The number of halogens is 2. The summed E-state index contributed by atoms with van der Waals surface area (Å²) in [7, 11) is -3.57. The van der Waals surface area contributed by atoms with Gasteiger partial charge < -0.3 is 5.32 Å². The van der Waals surface area contributed by atoms with Crippen molar-refractivity contribution >= 4 is 33.4 Å². The fourth-order valence-electron chi connectivity index (χ4n) is 2.15. The summed E-state index contributed by atoms with van der Waals surface area (Å²) in [6.45, 7) is 0. The maximum Gasteiger partial charge on any atom is 0.290 e. The maximum atomic E-state index is 12.6. The third kappa shape index (κ3) is 4.77. The molecule has 10 heteroatoms. The first-order valence-electron chi connectivity index (χ1n) is 7.69. The maximum absolute atomic E-state index is 12.6. The summed E-state index contributed by atoms with van der Waals surface area (Å²) in [6, 6.07) is 8.49. The van der Waals surface area contributed by atoms with Crippen molar-refractivity contribution < 1.29 is 22.0 Å². The highest BCUT2D eigenvalue weighted by molar-refractivity contribution is 7.99. The van der Waals surface area contributed by atoms with Crippen LogP contribution in [0.4, 0.5) is 14.5 Å². The molecule has 1 aliphatic rings. The van der Waals surface area contributed by atoms with E-state index in [1.54, 1.807) is 0 Å². The number of pyridine rings is 1. The van der Waals surface area contributed by atoms with Gasteiger partial charge in [-0.25, -0.2) is 18.1 Å². The van der Waals surface area contributed by atoms with Gasteiger partial charge in [0.05, 0.1) is 10.5 Å². The van der Waals surface area contributed by atoms with Gasteiger partial charge in [0.1, 0.15) is 5.03 Å². The van der Waals surface area contributed by atoms with Crippen LogP contribution in [0, 0.1) is 0 Å². The standard InChI is InChI=1S/C16H15F2N3O3S2/c17-16(18)25-15-13(2-1-9-19-15)14(22)20-10-5-7-12(8-6-10)26(23,24)21-11-3-4-11/h1-2,5-9,11,16,21H,3-4H2,(H,20,22). The predicted molar refractivity (Wildman–Crippen MR) is 93.8 cm³/mol. The number of anilines is 1. The molecule has 0 spiro atoms. The Labute approximate surface area is 153 Å². The molecule has 0 aliphatic heterocycles. The summed E-state index contributed by atoms with van der Waals surface area (Å²) in [5.74, 6) is -3.30. The van der Waals surface area contributed by atoms with E-state index in [1.807, 2.05) is 0 Å². The number of aromatic nitrogens is 1. The van der Waals surface area contributed by atoms with Crippen molar-refractivity contribution in [1.82, 2.24) is 9.71 Å². The Morgan fingerprint density at radius 1 is 1.19 bits per heavy atom. The smallest absolute Gasteiger partial charge is 0.290 e. The second-order valence-electron chi connectivity index (χ2n) is 5.61. The average Bonchev–Trinajstić information content (AvgIpc) is 3.38. The summed E-state index contributed by atoms with van der Waals surface area (Å²) in [5.41, 5.74) is 0.363. The second-order valence-corrected chi connectivity index (χ2v) is 8.30. The van der Waals surface area contributed by atoms with E-state index in [0.29, 0.717) is 5.69 Å². The topological polar surface area (TPSA) is 88.2 Å². The number of carbonyl (C=O) groups excluding carboxylic acids is 1. The number of rotatable bonds is 7. The van der Waals surface area contributed by atoms with Crippen LogP contribution in [0.25, 0.3) is 0 Å². The van der Waals surface area contributed by atoms with Crippen LogP contribution in [0.1, 0.15) is 23.2 Å². The van der Waals surface area contributed by atoms with Gasteiger partial charge in [-0.2, -0.15) is 8.78 Å². The Balaban J connectivity index is 1.72. The molecule has 1 amide bonds. The van der Waals surface area contributed by atoms with Crippen LogP contribution in [0.15, 0.2) is 52.5 Å². The highest BCUT2D eigenvalue weighted by Gasteiger charge is 2.27. The number of hydrogen-bond donors (Lipinski definition) is 2. The molecular weight excluding hydrogens is 384 g/mol. The highest BCUT2D eigenvalue weighted by atomic mass is 32.2. The Morgan fingerprint density at radius 3 is 2.50 bits per heavy atom. The number of amides is 1. The zero-order chi connectivity index (χ0) is 18.7. The molecule has 2 aromatic rings. The summed E-state index contributed by atoms with van der Waals surface area (Å²) in [5, 5.41) is 2.48. The number of hydrogen-bond acceptors (Lipinski definition) is 5. The summed E-state index contributed by atoms with van der Waals surface area (Å²) in [4.78, 5) is 16.2. The normalized spacial score (nSPS) is 14.4. The van der Waals surface area contributed by atoms with E-state index in [-0.39, 0.29) is 33.3 Å². The fraction of sp³-hybridized carbons (Fsp3) is 0.250. The van der Waals surface area contributed by atoms with Crippen LogP contribution in [-0.2, 0) is 10.0 Å². The molecule has 6 nitrogen and oxygen atoms in total. The van der Waals surface area contributed by atoms with Gasteiger partial charge in [-0.15, -0.1) is 0 Å². The molecule has 0 saturated heterocycles. The molecule has 138 valence electrons. The predicted octanol–water partition coefficient (Wildman–Crippen LogP) is 3.09. The number of alkyl halides is 2. The van der Waals surface area contributed by atoms with E-state index < -0.39 is 21.7 Å². The molecule has 1 aliphatic carbocycles. The second kappa shape index (κ2) is 7.68. The van der Waals surface area contributed by atoms with Crippen LogP contribution >= 0.6 is 11.8 Å². The zero-order valence-corrected chi connectivity index (χ0v) is 15.0. The molecule has 26 heavy (non-hydrogen) atoms. The lowest BCUT2D eigenvalue weighted by atomic mass is 10.2. The first-order valence-corrected chi connectivity index (χ1v) is 10.0. The molecule has 1 saturated carbocycles. The summed E-state index contributed by atoms with van der Waals surface area (Å²) in [6.07, 6.45) is 2.99. The first kappa shape index (κ1) is 18.7. The molecule has 3 rings (SSSR count). The van der Waals surface area contributed by atoms with Gasteiger partial charge in [0, 0.05) is 17.9 Å². The monoisotopic (exact) mass is 399 g/mol. The third-order valence-corrected chi connectivity index (χ3v) is 5.80. The van der Waals surface area contributed by atoms with E-state index in [0.717, 1.165) is 12.8 Å². The molecule has 1 fully saturated rings. The minimum Gasteiger partial charge on any atom is -0.322 e. The van der Waals surface area contributed by atoms with Crippen LogP contribution in [-0.4, -0.2) is 31.1 Å². The molecule has 1 heterocycles. The average molecular weight is 399 g/mol. The van der Waals surface area contributed by atoms with E-state index in [9.17, 15) is 22.0 Å². The lowest BCUT2D eigenvalue weighted by Gasteiger charge is -2.10. The van der Waals surface area contributed by atoms with Gasteiger partial charge in [0.25, 0.3) is 11.7 Å². The molecule has 2 N–H and O–H groups in total. The van der Waals surface area contributed by atoms with Crippen molar-refractivity contribution in [3.05, 3.63) is 48.2 Å². The van der Waals surface area contributed by atoms with Crippen molar-refractivity contribution in [2.45, 2.75) is 34.6 Å². The highest BCUT2D eigenvalue weighted by Crippen LogP contribution is 2.27. The fourth-order valence-corrected chi connectivity index (χ4v) is 4.03. The van der Waals surface area contributed by atoms with Gasteiger partial charge in [0.15, 0.2) is 0 Å². The molecule has 0 atom stereocenters. The number of nitrogens with zero attached hydrogens (tertiary/aromatic N) is 1. The molecule has 0 bridgehead atoms. The van der Waals surface area contributed by atoms with Crippen LogP contribution in [0.2, 0.25) is 0 Å². The van der Waals surface area contributed by atoms with Gasteiger partial charge >= 0.3 is 0 Å². The van der Waals surface area contributed by atoms with E-state index in [2.05, 4.69) is 15.0 Å². The Morgan fingerprint density at radius 2 is 1.88 bits per heavy atom.